The summed E-state index contributed by atoms with van der Waals surface area (Å²) in [6.45, 7) is -2.85. The van der Waals surface area contributed by atoms with Gasteiger partial charge in [-0.3, -0.25) is 9.38 Å². The lowest BCUT2D eigenvalue weighted by atomic mass is 10.2. The predicted molar refractivity (Wildman–Crippen MR) is 98.9 cm³/mol. The molecule has 2 aromatic heterocycles. The lowest BCUT2D eigenvalue weighted by molar-refractivity contribution is -0.0498. The molecule has 0 spiro atoms. The van der Waals surface area contributed by atoms with Crippen LogP contribution in [-0.2, 0) is 5.75 Å². The van der Waals surface area contributed by atoms with E-state index >= 15 is 0 Å². The van der Waals surface area contributed by atoms with Crippen LogP contribution in [0.2, 0.25) is 0 Å². The quantitative estimate of drug-likeness (QED) is 0.452. The third-order valence-corrected chi connectivity index (χ3v) is 4.91. The van der Waals surface area contributed by atoms with Crippen molar-refractivity contribution in [2.45, 2.75) is 17.4 Å². The van der Waals surface area contributed by atoms with Crippen LogP contribution in [0.1, 0.15) is 5.56 Å². The van der Waals surface area contributed by atoms with Crippen molar-refractivity contribution in [1.82, 2.24) is 19.6 Å². The minimum Gasteiger partial charge on any atom is -0.435 e. The Balaban J connectivity index is 1.65. The number of halogens is 2. The number of aromatic nitrogens is 4. The van der Waals surface area contributed by atoms with E-state index in [1.54, 1.807) is 36.3 Å². The summed E-state index contributed by atoms with van der Waals surface area (Å²) in [5.74, 6) is 1.50. The molecule has 0 aliphatic heterocycles. The Morgan fingerprint density at radius 2 is 1.74 bits per heavy atom. The summed E-state index contributed by atoms with van der Waals surface area (Å²) in [6, 6.07) is 16.5. The van der Waals surface area contributed by atoms with Crippen LogP contribution in [0.15, 0.2) is 72.0 Å². The van der Waals surface area contributed by atoms with Crippen LogP contribution in [0, 0.1) is 0 Å². The van der Waals surface area contributed by atoms with Gasteiger partial charge in [0.1, 0.15) is 10.8 Å². The van der Waals surface area contributed by atoms with Crippen molar-refractivity contribution in [2.24, 2.45) is 0 Å². The van der Waals surface area contributed by atoms with E-state index in [-0.39, 0.29) is 5.75 Å². The summed E-state index contributed by atoms with van der Waals surface area (Å²) in [4.78, 5) is 4.23. The summed E-state index contributed by atoms with van der Waals surface area (Å²) >= 11 is 1.62. The average Bonchev–Trinajstić information content (AvgIpc) is 3.12. The molecule has 0 aliphatic carbocycles. The largest absolute Gasteiger partial charge is 0.435 e. The molecule has 0 saturated heterocycles. The lowest BCUT2D eigenvalue weighted by Crippen LogP contribution is -2.01. The van der Waals surface area contributed by atoms with E-state index in [2.05, 4.69) is 32.1 Å². The molecule has 0 aliphatic rings. The second-order valence-electron chi connectivity index (χ2n) is 5.64. The molecule has 27 heavy (non-hydrogen) atoms. The van der Waals surface area contributed by atoms with Gasteiger partial charge < -0.3 is 4.74 Å². The van der Waals surface area contributed by atoms with Crippen LogP contribution in [0.4, 0.5) is 8.78 Å². The van der Waals surface area contributed by atoms with Crippen molar-refractivity contribution in [3.63, 3.8) is 0 Å². The second kappa shape index (κ2) is 7.71. The monoisotopic (exact) mass is 384 g/mol. The second-order valence-corrected chi connectivity index (χ2v) is 6.64. The van der Waals surface area contributed by atoms with Gasteiger partial charge in [-0.1, -0.05) is 30.3 Å². The first kappa shape index (κ1) is 17.4. The molecule has 4 rings (SSSR count). The average molecular weight is 384 g/mol. The van der Waals surface area contributed by atoms with E-state index in [1.807, 2.05) is 22.6 Å². The first-order valence-electron chi connectivity index (χ1n) is 8.12. The highest BCUT2D eigenvalue weighted by atomic mass is 32.2. The Morgan fingerprint density at radius 1 is 0.963 bits per heavy atom. The molecule has 0 atom stereocenters. The number of rotatable bonds is 6. The molecule has 0 saturated carbocycles. The number of nitrogens with zero attached hydrogens (tertiary/aromatic N) is 4. The van der Waals surface area contributed by atoms with Gasteiger partial charge >= 0.3 is 6.61 Å². The highest BCUT2D eigenvalue weighted by molar-refractivity contribution is 7.98. The molecular formula is C19H14F2N4OS. The van der Waals surface area contributed by atoms with Gasteiger partial charge in [-0.25, -0.2) is 0 Å². The molecule has 0 fully saturated rings. The van der Waals surface area contributed by atoms with Gasteiger partial charge in [-0.15, -0.1) is 22.0 Å². The number of thioether (sulfide) groups is 1. The first-order valence-corrected chi connectivity index (χ1v) is 9.10. The predicted octanol–water partition coefficient (Wildman–Crippen LogP) is 4.69. The number of benzene rings is 2. The fourth-order valence-corrected chi connectivity index (χ4v) is 3.58. The van der Waals surface area contributed by atoms with Crippen molar-refractivity contribution < 1.29 is 13.5 Å². The SMILES string of the molecule is FC(F)Oc1ccc(-c2nnc3cncc(SCc4ccccc4)n23)cc1. The number of hydrogen-bond acceptors (Lipinski definition) is 5. The third kappa shape index (κ3) is 3.90. The minimum absolute atomic E-state index is 0.0999. The molecule has 0 amide bonds. The molecule has 5 nitrogen and oxygen atoms in total. The van der Waals surface area contributed by atoms with E-state index in [1.165, 1.54) is 17.7 Å². The summed E-state index contributed by atoms with van der Waals surface area (Å²) in [5.41, 5.74) is 2.57. The van der Waals surface area contributed by atoms with Crippen LogP contribution < -0.4 is 4.74 Å². The van der Waals surface area contributed by atoms with Crippen molar-refractivity contribution in [1.29, 1.82) is 0 Å². The first-order chi connectivity index (χ1) is 13.2. The van der Waals surface area contributed by atoms with E-state index in [0.29, 0.717) is 11.5 Å². The van der Waals surface area contributed by atoms with Gasteiger partial charge in [0.25, 0.3) is 0 Å². The van der Waals surface area contributed by atoms with Gasteiger partial charge in [0.2, 0.25) is 0 Å². The standard InChI is InChI=1S/C19H14F2N4OS/c20-19(21)26-15-8-6-14(7-9-15)18-24-23-16-10-22-11-17(25(16)18)27-12-13-4-2-1-3-5-13/h1-11,19H,12H2. The highest BCUT2D eigenvalue weighted by Crippen LogP contribution is 2.28. The molecule has 0 N–H and O–H groups in total. The molecular weight excluding hydrogens is 370 g/mol. The molecule has 0 bridgehead atoms. The van der Waals surface area contributed by atoms with E-state index < -0.39 is 6.61 Å². The minimum atomic E-state index is -2.85. The highest BCUT2D eigenvalue weighted by Gasteiger charge is 2.13. The zero-order valence-corrected chi connectivity index (χ0v) is 14.8. The summed E-state index contributed by atoms with van der Waals surface area (Å²) < 4.78 is 30.9. The Labute approximate surface area is 158 Å². The van der Waals surface area contributed by atoms with Crippen LogP contribution in [-0.4, -0.2) is 26.2 Å². The van der Waals surface area contributed by atoms with Crippen molar-refractivity contribution in [2.75, 3.05) is 0 Å². The van der Waals surface area contributed by atoms with Crippen LogP contribution in [0.25, 0.3) is 17.0 Å². The lowest BCUT2D eigenvalue weighted by Gasteiger charge is -2.08. The van der Waals surface area contributed by atoms with E-state index in [9.17, 15) is 8.78 Å². The Kier molecular flexibility index (Phi) is 4.97. The van der Waals surface area contributed by atoms with Crippen molar-refractivity contribution in [3.8, 4) is 17.1 Å². The zero-order chi connectivity index (χ0) is 18.6. The number of ether oxygens (including phenoxy) is 1. The Morgan fingerprint density at radius 3 is 2.48 bits per heavy atom. The van der Waals surface area contributed by atoms with E-state index in [4.69, 9.17) is 0 Å². The summed E-state index contributed by atoms with van der Waals surface area (Å²) in [6.07, 6.45) is 3.40. The Bertz CT molecular complexity index is 1040. The molecule has 136 valence electrons. The molecule has 4 aromatic rings. The molecule has 8 heteroatoms. The number of alkyl halides is 2. The maximum absolute atomic E-state index is 12.3. The van der Waals surface area contributed by atoms with Gasteiger partial charge in [0.15, 0.2) is 11.5 Å². The molecule has 2 heterocycles. The van der Waals surface area contributed by atoms with Gasteiger partial charge in [0.05, 0.1) is 12.4 Å². The van der Waals surface area contributed by atoms with Crippen LogP contribution in [0.3, 0.4) is 0 Å². The fraction of sp³-hybridized carbons (Fsp3) is 0.105. The van der Waals surface area contributed by atoms with E-state index in [0.717, 1.165) is 16.3 Å². The van der Waals surface area contributed by atoms with Crippen molar-refractivity contribution >= 4 is 17.4 Å². The normalized spacial score (nSPS) is 11.2. The van der Waals surface area contributed by atoms with Gasteiger partial charge in [-0.05, 0) is 29.8 Å². The smallest absolute Gasteiger partial charge is 0.387 e. The number of fused-ring (bicyclic) bond motifs is 1. The Hall–Kier alpha value is -3.00. The maximum Gasteiger partial charge on any atom is 0.387 e. The number of hydrogen-bond donors (Lipinski definition) is 0. The molecule has 2 aromatic carbocycles. The topological polar surface area (TPSA) is 52.3 Å². The van der Waals surface area contributed by atoms with Gasteiger partial charge in [-0.2, -0.15) is 8.78 Å². The third-order valence-electron chi connectivity index (χ3n) is 3.85. The zero-order valence-electron chi connectivity index (χ0n) is 14.0. The fourth-order valence-electron chi connectivity index (χ4n) is 2.63. The molecule has 0 radical (unpaired) electrons. The van der Waals surface area contributed by atoms with Crippen LogP contribution in [0.5, 0.6) is 5.75 Å². The summed E-state index contributed by atoms with van der Waals surface area (Å²) in [7, 11) is 0. The van der Waals surface area contributed by atoms with Crippen LogP contribution >= 0.6 is 11.8 Å². The van der Waals surface area contributed by atoms with Crippen molar-refractivity contribution in [3.05, 3.63) is 72.6 Å². The maximum atomic E-state index is 12.3. The summed E-state index contributed by atoms with van der Waals surface area (Å²) in [5, 5.41) is 9.30. The van der Waals surface area contributed by atoms with Gasteiger partial charge in [0, 0.05) is 11.3 Å². The molecule has 0 unspecified atom stereocenters.